The Balaban J connectivity index is 0. The van der Waals surface area contributed by atoms with Crippen LogP contribution in [0, 0.1) is 0 Å². The van der Waals surface area contributed by atoms with Crippen LogP contribution in [0.1, 0.15) is 6.92 Å². The Morgan fingerprint density at radius 1 is 1.47 bits per heavy atom. The van der Waals surface area contributed by atoms with Crippen molar-refractivity contribution in [3.63, 3.8) is 0 Å². The molecule has 0 radical (unpaired) electrons. The molecular weight excluding hydrogens is 276 g/mol. The van der Waals surface area contributed by atoms with E-state index >= 15 is 0 Å². The average Bonchev–Trinajstić information content (AvgIpc) is 2.56. The van der Waals surface area contributed by atoms with Crippen molar-refractivity contribution >= 4 is 35.0 Å². The van der Waals surface area contributed by atoms with Crippen LogP contribution in [0.4, 0.5) is 0 Å². The van der Waals surface area contributed by atoms with Crippen LogP contribution in [0.5, 0.6) is 0 Å². The fourth-order valence-electron chi connectivity index (χ4n) is 0.809. The van der Waals surface area contributed by atoms with Crippen LogP contribution in [0.25, 0.3) is 0 Å². The molecule has 10 heteroatoms. The molecule has 0 aromatic carbocycles. The van der Waals surface area contributed by atoms with Crippen molar-refractivity contribution < 1.29 is 45.0 Å². The average molecular weight is 288 g/mol. The number of carboxylic acid groups (broad SMARTS) is 1. The summed E-state index contributed by atoms with van der Waals surface area (Å²) >= 11 is 0. The van der Waals surface area contributed by atoms with Crippen LogP contribution >= 0.6 is 0 Å². The molecule has 0 fully saturated rings. The first-order valence-corrected chi connectivity index (χ1v) is 4.71. The summed E-state index contributed by atoms with van der Waals surface area (Å²) in [6.45, 7) is 0.423. The standard InChI is InChI=1S/C6H8O6.C3H6O3.Mg/c7-1-2(8)5-3(9)4(10)6(11)12-5;1-2(4)3(5)6;/h2,5,7-10H,1H2;2,4H,1H3,(H,5,6);/q;;+2/p-2/t2-,5+;;/m0../s1. The van der Waals surface area contributed by atoms with Gasteiger partial charge in [0.15, 0.2) is 5.76 Å². The molecule has 0 spiro atoms. The predicted octanol–water partition coefficient (Wildman–Crippen LogP) is -4.87. The van der Waals surface area contributed by atoms with Gasteiger partial charge in [-0.25, -0.2) is 4.79 Å². The van der Waals surface area contributed by atoms with E-state index < -0.39 is 48.4 Å². The minimum absolute atomic E-state index is 0. The molecule has 0 aliphatic carbocycles. The summed E-state index contributed by atoms with van der Waals surface area (Å²) in [5, 5.41) is 54.1. The summed E-state index contributed by atoms with van der Waals surface area (Å²) in [6, 6.07) is 0. The molecule has 1 aliphatic rings. The van der Waals surface area contributed by atoms with Crippen molar-refractivity contribution in [3.8, 4) is 0 Å². The quantitative estimate of drug-likeness (QED) is 0.293. The summed E-state index contributed by atoms with van der Waals surface area (Å²) < 4.78 is 4.25. The van der Waals surface area contributed by atoms with Gasteiger partial charge in [-0.3, -0.25) is 0 Å². The molecule has 1 aliphatic heterocycles. The van der Waals surface area contributed by atoms with Crippen molar-refractivity contribution in [2.24, 2.45) is 0 Å². The van der Waals surface area contributed by atoms with Crippen molar-refractivity contribution in [2.75, 3.05) is 6.61 Å². The number of carboxylic acids is 1. The van der Waals surface area contributed by atoms with Crippen LogP contribution in [-0.4, -0.2) is 80.3 Å². The number of aliphatic carboxylic acids is 1. The number of cyclic esters (lactones) is 1. The molecular formula is C9H12MgO9. The Hall–Kier alpha value is -1.07. The third-order valence-electron chi connectivity index (χ3n) is 1.80. The Morgan fingerprint density at radius 3 is 2.11 bits per heavy atom. The van der Waals surface area contributed by atoms with Gasteiger partial charge in [-0.05, 0) is 12.7 Å². The molecule has 9 nitrogen and oxygen atoms in total. The molecule has 0 bridgehead atoms. The second-order valence-corrected chi connectivity index (χ2v) is 3.28. The van der Waals surface area contributed by atoms with Crippen LogP contribution in [0.15, 0.2) is 11.5 Å². The first-order chi connectivity index (χ1) is 8.22. The smallest absolute Gasteiger partial charge is 0.870 e. The maximum atomic E-state index is 10.8. The summed E-state index contributed by atoms with van der Waals surface area (Å²) in [5.74, 6) is -4.64. The largest absolute Gasteiger partial charge is 2.00 e. The van der Waals surface area contributed by atoms with Crippen LogP contribution in [0.2, 0.25) is 0 Å². The van der Waals surface area contributed by atoms with Gasteiger partial charge in [0.2, 0.25) is 0 Å². The number of esters is 1. The maximum absolute atomic E-state index is 10.8. The summed E-state index contributed by atoms with van der Waals surface area (Å²) in [4.78, 5) is 19.8. The second kappa shape index (κ2) is 8.93. The first-order valence-electron chi connectivity index (χ1n) is 4.71. The maximum Gasteiger partial charge on any atom is 2.00 e. The van der Waals surface area contributed by atoms with Gasteiger partial charge in [0.25, 0.3) is 0 Å². The second-order valence-electron chi connectivity index (χ2n) is 3.28. The van der Waals surface area contributed by atoms with Crippen molar-refractivity contribution in [2.45, 2.75) is 25.2 Å². The van der Waals surface area contributed by atoms with E-state index in [0.717, 1.165) is 6.92 Å². The summed E-state index contributed by atoms with van der Waals surface area (Å²) in [7, 11) is 0. The molecule has 1 rings (SSSR count). The number of aliphatic hydroxyl groups is 4. The van der Waals surface area contributed by atoms with Crippen molar-refractivity contribution in [1.29, 1.82) is 0 Å². The van der Waals surface area contributed by atoms with Crippen LogP contribution in [0.3, 0.4) is 0 Å². The minimum atomic E-state index is -1.48. The summed E-state index contributed by atoms with van der Waals surface area (Å²) in [6.07, 6.45) is -4.29. The number of ether oxygens (including phenoxy) is 1. The van der Waals surface area contributed by atoms with E-state index in [-0.39, 0.29) is 23.1 Å². The van der Waals surface area contributed by atoms with Crippen molar-refractivity contribution in [1.82, 2.24) is 0 Å². The Kier molecular flexibility index (Phi) is 9.52. The topological polar surface area (TPSA) is 170 Å². The number of carbonyl (C=O) groups excluding carboxylic acids is 2. The molecule has 3 atom stereocenters. The monoisotopic (exact) mass is 288 g/mol. The number of hydrogen-bond acceptors (Lipinski definition) is 9. The fraction of sp³-hybridized carbons (Fsp3) is 0.556. The van der Waals surface area contributed by atoms with Crippen LogP contribution < -0.4 is 10.2 Å². The Labute approximate surface area is 123 Å². The summed E-state index contributed by atoms with van der Waals surface area (Å²) in [5.41, 5.74) is 0. The molecule has 0 aromatic rings. The van der Waals surface area contributed by atoms with Gasteiger partial charge in [-0.2, -0.15) is 0 Å². The van der Waals surface area contributed by atoms with Gasteiger partial charge >= 0.3 is 29.0 Å². The number of carbonyl (C=O) groups is 2. The molecule has 4 N–H and O–H groups in total. The zero-order valence-electron chi connectivity index (χ0n) is 9.98. The van der Waals surface area contributed by atoms with E-state index in [2.05, 4.69) is 4.74 Å². The number of rotatable bonds is 3. The van der Waals surface area contributed by atoms with E-state index in [4.69, 9.17) is 20.4 Å². The van der Waals surface area contributed by atoms with E-state index in [1.165, 1.54) is 0 Å². The number of hydrogen-bond donors (Lipinski definition) is 4. The van der Waals surface area contributed by atoms with Gasteiger partial charge in [0.1, 0.15) is 12.2 Å². The van der Waals surface area contributed by atoms with E-state index in [1.807, 2.05) is 0 Å². The predicted molar refractivity (Wildman–Crippen MR) is 55.1 cm³/mol. The third kappa shape index (κ3) is 6.07. The molecule has 1 heterocycles. The number of aliphatic hydroxyl groups excluding tert-OH is 4. The molecule has 0 saturated heterocycles. The van der Waals surface area contributed by atoms with Gasteiger partial charge in [0, 0.05) is 0 Å². The first kappa shape index (κ1) is 20.2. The molecule has 19 heavy (non-hydrogen) atoms. The zero-order chi connectivity index (χ0) is 14.5. The minimum Gasteiger partial charge on any atom is -0.870 e. The van der Waals surface area contributed by atoms with Crippen LogP contribution in [-0.2, 0) is 14.3 Å². The van der Waals surface area contributed by atoms with Gasteiger partial charge < -0.3 is 40.2 Å². The molecule has 0 amide bonds. The molecule has 0 aromatic heterocycles. The van der Waals surface area contributed by atoms with E-state index in [9.17, 15) is 19.8 Å². The Morgan fingerprint density at radius 2 is 1.89 bits per heavy atom. The van der Waals surface area contributed by atoms with Gasteiger partial charge in [0.05, 0.1) is 18.7 Å². The molecule has 1 unspecified atom stereocenters. The molecule has 104 valence electrons. The van der Waals surface area contributed by atoms with Crippen molar-refractivity contribution in [3.05, 3.63) is 11.5 Å². The van der Waals surface area contributed by atoms with E-state index in [0.29, 0.717) is 0 Å². The SMILES string of the molecule is CC(O)C(=O)[O-].O=C1O[C@H]([C@@H](O)CO)C([O-])=C1O.[Mg+2]. The van der Waals surface area contributed by atoms with Gasteiger partial charge in [-0.1, -0.05) is 0 Å². The van der Waals surface area contributed by atoms with Gasteiger partial charge in [-0.15, -0.1) is 0 Å². The molecule has 0 saturated carbocycles. The normalized spacial score (nSPS) is 20.6. The fourth-order valence-corrected chi connectivity index (χ4v) is 0.809. The third-order valence-corrected chi connectivity index (χ3v) is 1.80. The zero-order valence-corrected chi connectivity index (χ0v) is 11.4. The Bertz CT molecular complexity index is 352. The van der Waals surface area contributed by atoms with E-state index in [1.54, 1.807) is 0 Å².